The van der Waals surface area contributed by atoms with Crippen LogP contribution in [0.4, 0.5) is 14.5 Å². The van der Waals surface area contributed by atoms with E-state index in [1.54, 1.807) is 40.1 Å². The summed E-state index contributed by atoms with van der Waals surface area (Å²) in [6.07, 6.45) is 0. The van der Waals surface area contributed by atoms with E-state index in [0.717, 1.165) is 0 Å². The van der Waals surface area contributed by atoms with Gasteiger partial charge >= 0.3 is 5.76 Å². The first-order valence-electron chi connectivity index (χ1n) is 8.64. The van der Waals surface area contributed by atoms with Crippen LogP contribution in [0.3, 0.4) is 0 Å². The quantitative estimate of drug-likeness (QED) is 0.758. The van der Waals surface area contributed by atoms with Crippen LogP contribution in [0.1, 0.15) is 10.4 Å². The summed E-state index contributed by atoms with van der Waals surface area (Å²) in [5.74, 6) is -3.06. The van der Waals surface area contributed by atoms with Gasteiger partial charge in [-0.1, -0.05) is 18.2 Å². The van der Waals surface area contributed by atoms with Crippen molar-refractivity contribution >= 4 is 21.4 Å². The molecule has 0 saturated carbocycles. The molecular formula is C19H20F2N2O4S. The molecule has 6 nitrogen and oxygen atoms in total. The molecule has 1 aliphatic heterocycles. The van der Waals surface area contributed by atoms with E-state index in [4.69, 9.17) is 4.74 Å². The van der Waals surface area contributed by atoms with Crippen molar-refractivity contribution in [3.05, 3.63) is 54.1 Å². The molecule has 1 heterocycles. The third-order valence-electron chi connectivity index (χ3n) is 4.63. The van der Waals surface area contributed by atoms with Crippen molar-refractivity contribution < 1.29 is 26.7 Å². The van der Waals surface area contributed by atoms with E-state index in [1.807, 2.05) is 0 Å². The number of anilines is 1. The number of hydrogen-bond donors (Lipinski definition) is 0. The highest BCUT2D eigenvalue weighted by molar-refractivity contribution is 7.91. The molecule has 0 N–H and O–H groups in total. The van der Waals surface area contributed by atoms with Gasteiger partial charge < -0.3 is 14.5 Å². The molecule has 0 radical (unpaired) electrons. The fourth-order valence-electron chi connectivity index (χ4n) is 3.14. The summed E-state index contributed by atoms with van der Waals surface area (Å²) in [5, 5.41) is 0. The van der Waals surface area contributed by atoms with Crippen molar-refractivity contribution in [2.24, 2.45) is 0 Å². The Balaban J connectivity index is 1.75. The lowest BCUT2D eigenvalue weighted by Crippen LogP contribution is -2.49. The largest absolute Gasteiger partial charge is 0.497 e. The summed E-state index contributed by atoms with van der Waals surface area (Å²) < 4.78 is 55.0. The number of ether oxygens (including phenoxy) is 1. The second-order valence-electron chi connectivity index (χ2n) is 6.28. The maximum atomic E-state index is 13.0. The highest BCUT2D eigenvalue weighted by Gasteiger charge is 2.32. The standard InChI is InChI=1S/C19H20F2N2O4S/c1-27-15-6-4-5-14(13-15)18(24)23-11-9-22(10-12-23)16-7-2-3-8-17(16)28(25,26)19(20)21/h2-8,13,19H,9-12H2,1H3. The lowest BCUT2D eigenvalue weighted by atomic mass is 10.1. The number of amides is 1. The van der Waals surface area contributed by atoms with Crippen molar-refractivity contribution in [1.82, 2.24) is 4.90 Å². The van der Waals surface area contributed by atoms with Crippen LogP contribution in [0.25, 0.3) is 0 Å². The summed E-state index contributed by atoms with van der Waals surface area (Å²) in [4.78, 5) is 15.7. The van der Waals surface area contributed by atoms with Gasteiger partial charge in [-0.3, -0.25) is 4.79 Å². The Labute approximate surface area is 162 Å². The molecule has 0 aliphatic carbocycles. The zero-order chi connectivity index (χ0) is 20.3. The Bertz CT molecular complexity index is 958. The highest BCUT2D eigenvalue weighted by atomic mass is 32.2. The normalized spacial score (nSPS) is 15.0. The van der Waals surface area contributed by atoms with Crippen molar-refractivity contribution in [2.75, 3.05) is 38.2 Å². The molecular weight excluding hydrogens is 390 g/mol. The highest BCUT2D eigenvalue weighted by Crippen LogP contribution is 2.30. The average molecular weight is 410 g/mol. The molecule has 150 valence electrons. The van der Waals surface area contributed by atoms with Gasteiger partial charge in [0.15, 0.2) is 0 Å². The maximum absolute atomic E-state index is 13.0. The minimum atomic E-state index is -4.71. The summed E-state index contributed by atoms with van der Waals surface area (Å²) in [5.41, 5.74) is 0.727. The number of alkyl halides is 2. The van der Waals surface area contributed by atoms with Crippen molar-refractivity contribution in [3.63, 3.8) is 0 Å². The topological polar surface area (TPSA) is 66.9 Å². The predicted octanol–water partition coefficient (Wildman–Crippen LogP) is 2.65. The summed E-state index contributed by atoms with van der Waals surface area (Å²) in [7, 11) is -3.19. The number of rotatable bonds is 5. The van der Waals surface area contributed by atoms with Crippen LogP contribution >= 0.6 is 0 Å². The van der Waals surface area contributed by atoms with Crippen molar-refractivity contribution in [1.29, 1.82) is 0 Å². The predicted molar refractivity (Wildman–Crippen MR) is 101 cm³/mol. The number of methoxy groups -OCH3 is 1. The number of benzene rings is 2. The van der Waals surface area contributed by atoms with Gasteiger partial charge in [-0.25, -0.2) is 8.42 Å². The minimum absolute atomic E-state index is 0.160. The van der Waals surface area contributed by atoms with Crippen molar-refractivity contribution in [2.45, 2.75) is 10.7 Å². The molecule has 0 spiro atoms. The van der Waals surface area contributed by atoms with Gasteiger partial charge in [0.2, 0.25) is 9.84 Å². The zero-order valence-electron chi connectivity index (χ0n) is 15.2. The summed E-state index contributed by atoms with van der Waals surface area (Å²) >= 11 is 0. The van der Waals surface area contributed by atoms with Gasteiger partial charge in [0.25, 0.3) is 5.91 Å². The molecule has 0 unspecified atom stereocenters. The van der Waals surface area contributed by atoms with E-state index < -0.39 is 20.5 Å². The monoisotopic (exact) mass is 410 g/mol. The van der Waals surface area contributed by atoms with E-state index >= 15 is 0 Å². The molecule has 1 aliphatic rings. The second kappa shape index (κ2) is 8.14. The molecule has 0 bridgehead atoms. The lowest BCUT2D eigenvalue weighted by Gasteiger charge is -2.36. The molecule has 1 fully saturated rings. The fourth-order valence-corrected chi connectivity index (χ4v) is 4.09. The molecule has 0 atom stereocenters. The Morgan fingerprint density at radius 2 is 1.71 bits per heavy atom. The van der Waals surface area contributed by atoms with E-state index in [0.29, 0.717) is 37.5 Å². The van der Waals surface area contributed by atoms with E-state index in [-0.39, 0.29) is 11.6 Å². The average Bonchev–Trinajstić information content (AvgIpc) is 2.73. The van der Waals surface area contributed by atoms with Gasteiger partial charge in [-0.2, -0.15) is 8.78 Å². The van der Waals surface area contributed by atoms with Crippen LogP contribution in [-0.4, -0.2) is 58.3 Å². The molecule has 1 amide bonds. The Hall–Kier alpha value is -2.68. The van der Waals surface area contributed by atoms with Crippen molar-refractivity contribution in [3.8, 4) is 5.75 Å². The lowest BCUT2D eigenvalue weighted by molar-refractivity contribution is 0.0746. The van der Waals surface area contributed by atoms with Crippen LogP contribution in [0.5, 0.6) is 5.75 Å². The van der Waals surface area contributed by atoms with Gasteiger partial charge in [-0.15, -0.1) is 0 Å². The Morgan fingerprint density at radius 1 is 1.04 bits per heavy atom. The molecule has 9 heteroatoms. The number of hydrogen-bond acceptors (Lipinski definition) is 5. The number of halogens is 2. The molecule has 0 aromatic heterocycles. The number of carbonyl (C=O) groups is 1. The molecule has 2 aromatic carbocycles. The number of nitrogens with zero attached hydrogens (tertiary/aromatic N) is 2. The first kappa shape index (κ1) is 20.1. The van der Waals surface area contributed by atoms with Gasteiger partial charge in [0.1, 0.15) is 5.75 Å². The van der Waals surface area contributed by atoms with Crippen LogP contribution < -0.4 is 9.64 Å². The van der Waals surface area contributed by atoms with Gasteiger partial charge in [-0.05, 0) is 30.3 Å². The van der Waals surface area contributed by atoms with E-state index in [2.05, 4.69) is 0 Å². The van der Waals surface area contributed by atoms with Crippen LogP contribution in [0, 0.1) is 0 Å². The van der Waals surface area contributed by atoms with Crippen LogP contribution in [0.2, 0.25) is 0 Å². The number of carbonyl (C=O) groups excluding carboxylic acids is 1. The minimum Gasteiger partial charge on any atom is -0.497 e. The van der Waals surface area contributed by atoms with E-state index in [1.165, 1.54) is 25.3 Å². The Morgan fingerprint density at radius 3 is 2.36 bits per heavy atom. The van der Waals surface area contributed by atoms with Gasteiger partial charge in [0.05, 0.1) is 17.7 Å². The zero-order valence-corrected chi connectivity index (χ0v) is 16.0. The number of sulfone groups is 1. The first-order valence-corrected chi connectivity index (χ1v) is 10.2. The summed E-state index contributed by atoms with van der Waals surface area (Å²) in [6, 6.07) is 12.5. The first-order chi connectivity index (χ1) is 13.3. The third-order valence-corrected chi connectivity index (χ3v) is 6.06. The number of piperazine rings is 1. The molecule has 2 aromatic rings. The fraction of sp³-hybridized carbons (Fsp3) is 0.316. The van der Waals surface area contributed by atoms with Crippen LogP contribution in [0.15, 0.2) is 53.4 Å². The molecule has 3 rings (SSSR count). The van der Waals surface area contributed by atoms with Crippen LogP contribution in [-0.2, 0) is 9.84 Å². The Kier molecular flexibility index (Phi) is 5.83. The smallest absolute Gasteiger partial charge is 0.341 e. The molecule has 28 heavy (non-hydrogen) atoms. The second-order valence-corrected chi connectivity index (χ2v) is 8.17. The van der Waals surface area contributed by atoms with Gasteiger partial charge in [0, 0.05) is 31.7 Å². The third kappa shape index (κ3) is 3.94. The van der Waals surface area contributed by atoms with E-state index in [9.17, 15) is 22.0 Å². The number of para-hydroxylation sites is 1. The maximum Gasteiger partial charge on any atom is 0.341 e. The SMILES string of the molecule is COc1cccc(C(=O)N2CCN(c3ccccc3S(=O)(=O)C(F)F)CC2)c1. The summed E-state index contributed by atoms with van der Waals surface area (Å²) in [6.45, 7) is 1.37. The molecule has 1 saturated heterocycles.